The summed E-state index contributed by atoms with van der Waals surface area (Å²) < 4.78 is 5.14. The first-order valence-electron chi connectivity index (χ1n) is 4.57. The highest BCUT2D eigenvalue weighted by Gasteiger charge is 2.14. The van der Waals surface area contributed by atoms with E-state index in [9.17, 15) is 4.79 Å². The maximum absolute atomic E-state index is 10.7. The van der Waals surface area contributed by atoms with Crippen molar-refractivity contribution in [2.45, 2.75) is 19.1 Å². The van der Waals surface area contributed by atoms with E-state index in [0.717, 1.165) is 11.5 Å². The third kappa shape index (κ3) is 3.46. The minimum Gasteiger partial charge on any atom is -0.481 e. The Balaban J connectivity index is 2.23. The van der Waals surface area contributed by atoms with Crippen LogP contribution in [0.3, 0.4) is 0 Å². The van der Waals surface area contributed by atoms with Crippen molar-refractivity contribution in [2.75, 3.05) is 5.75 Å². The zero-order chi connectivity index (χ0) is 10.4. The summed E-state index contributed by atoms with van der Waals surface area (Å²) in [6.45, 7) is 1.90. The van der Waals surface area contributed by atoms with Crippen LogP contribution in [0.4, 0.5) is 0 Å². The molecule has 0 amide bonds. The Hall–Kier alpha value is -0.900. The van der Waals surface area contributed by atoms with E-state index in [2.05, 4.69) is 0 Å². The first-order valence-corrected chi connectivity index (χ1v) is 5.72. The number of hydrogen-bond acceptors (Lipinski definition) is 3. The van der Waals surface area contributed by atoms with Gasteiger partial charge in [-0.2, -0.15) is 11.8 Å². The molecule has 0 aliphatic rings. The topological polar surface area (TPSA) is 50.4 Å². The standard InChI is InChI=1S/C10H14O3S/c1-2-8(10(11)12)6-14-7-9-4-3-5-13-9/h3-5,8H,2,6-7H2,1H3,(H,11,12). The molecule has 0 aliphatic carbocycles. The first kappa shape index (κ1) is 11.2. The highest BCUT2D eigenvalue weighted by Crippen LogP contribution is 2.17. The van der Waals surface area contributed by atoms with Gasteiger partial charge in [-0.05, 0) is 18.6 Å². The van der Waals surface area contributed by atoms with E-state index in [1.807, 2.05) is 19.1 Å². The number of carbonyl (C=O) groups is 1. The Labute approximate surface area is 87.5 Å². The molecule has 0 saturated heterocycles. The normalized spacial score (nSPS) is 12.6. The summed E-state index contributed by atoms with van der Waals surface area (Å²) in [5, 5.41) is 8.79. The molecule has 1 heterocycles. The first-order chi connectivity index (χ1) is 6.74. The van der Waals surface area contributed by atoms with Crippen LogP contribution in [-0.2, 0) is 10.5 Å². The van der Waals surface area contributed by atoms with Gasteiger partial charge in [-0.15, -0.1) is 0 Å². The minimum absolute atomic E-state index is 0.241. The van der Waals surface area contributed by atoms with Gasteiger partial charge in [0.05, 0.1) is 17.9 Å². The van der Waals surface area contributed by atoms with Crippen LogP contribution in [0.15, 0.2) is 22.8 Å². The van der Waals surface area contributed by atoms with Gasteiger partial charge in [0.25, 0.3) is 0 Å². The molecule has 0 saturated carbocycles. The predicted molar refractivity (Wildman–Crippen MR) is 56.3 cm³/mol. The molecule has 1 rings (SSSR count). The molecule has 0 spiro atoms. The van der Waals surface area contributed by atoms with Gasteiger partial charge in [-0.25, -0.2) is 0 Å². The van der Waals surface area contributed by atoms with E-state index in [0.29, 0.717) is 12.2 Å². The van der Waals surface area contributed by atoms with Gasteiger partial charge < -0.3 is 9.52 Å². The van der Waals surface area contributed by atoms with Crippen molar-refractivity contribution in [2.24, 2.45) is 5.92 Å². The molecule has 1 unspecified atom stereocenters. The number of thioether (sulfide) groups is 1. The van der Waals surface area contributed by atoms with Gasteiger partial charge in [0.15, 0.2) is 0 Å². The number of furan rings is 1. The molecule has 1 aromatic rings. The van der Waals surface area contributed by atoms with Crippen molar-refractivity contribution in [1.29, 1.82) is 0 Å². The van der Waals surface area contributed by atoms with Crippen LogP contribution in [-0.4, -0.2) is 16.8 Å². The van der Waals surface area contributed by atoms with Crippen molar-refractivity contribution in [1.82, 2.24) is 0 Å². The highest BCUT2D eigenvalue weighted by atomic mass is 32.2. The maximum Gasteiger partial charge on any atom is 0.307 e. The number of rotatable bonds is 6. The highest BCUT2D eigenvalue weighted by molar-refractivity contribution is 7.98. The van der Waals surface area contributed by atoms with Crippen LogP contribution in [0.25, 0.3) is 0 Å². The van der Waals surface area contributed by atoms with Crippen molar-refractivity contribution >= 4 is 17.7 Å². The zero-order valence-electron chi connectivity index (χ0n) is 8.10. The Morgan fingerprint density at radius 2 is 2.50 bits per heavy atom. The number of carboxylic acid groups (broad SMARTS) is 1. The molecular weight excluding hydrogens is 200 g/mol. The van der Waals surface area contributed by atoms with Gasteiger partial charge in [0.2, 0.25) is 0 Å². The van der Waals surface area contributed by atoms with Crippen LogP contribution in [0.2, 0.25) is 0 Å². The van der Waals surface area contributed by atoms with Crippen molar-refractivity contribution in [3.8, 4) is 0 Å². The van der Waals surface area contributed by atoms with Crippen LogP contribution in [0.5, 0.6) is 0 Å². The largest absolute Gasteiger partial charge is 0.481 e. The second-order valence-electron chi connectivity index (χ2n) is 3.04. The summed E-state index contributed by atoms with van der Waals surface area (Å²) in [5.74, 6) is 1.34. The van der Waals surface area contributed by atoms with Crippen LogP contribution in [0.1, 0.15) is 19.1 Å². The molecule has 0 radical (unpaired) electrons. The molecule has 0 aromatic carbocycles. The molecule has 0 aliphatic heterocycles. The van der Waals surface area contributed by atoms with Gasteiger partial charge in [0, 0.05) is 5.75 Å². The van der Waals surface area contributed by atoms with Crippen molar-refractivity contribution in [3.63, 3.8) is 0 Å². The van der Waals surface area contributed by atoms with E-state index in [-0.39, 0.29) is 5.92 Å². The lowest BCUT2D eigenvalue weighted by Crippen LogP contribution is -2.15. The smallest absolute Gasteiger partial charge is 0.307 e. The van der Waals surface area contributed by atoms with Gasteiger partial charge in [0.1, 0.15) is 5.76 Å². The number of aliphatic carboxylic acids is 1. The quantitative estimate of drug-likeness (QED) is 0.790. The molecule has 1 N–H and O–H groups in total. The van der Waals surface area contributed by atoms with Crippen LogP contribution < -0.4 is 0 Å². The Morgan fingerprint density at radius 3 is 3.00 bits per heavy atom. The molecule has 1 atom stereocenters. The lowest BCUT2D eigenvalue weighted by molar-refractivity contribution is -0.140. The molecule has 1 aromatic heterocycles. The van der Waals surface area contributed by atoms with Crippen LogP contribution >= 0.6 is 11.8 Å². The average molecular weight is 214 g/mol. The monoisotopic (exact) mass is 214 g/mol. The van der Waals surface area contributed by atoms with Crippen LogP contribution in [0, 0.1) is 5.92 Å². The fraction of sp³-hybridized carbons (Fsp3) is 0.500. The molecule has 0 bridgehead atoms. The van der Waals surface area contributed by atoms with Gasteiger partial charge in [-0.3, -0.25) is 4.79 Å². The summed E-state index contributed by atoms with van der Waals surface area (Å²) >= 11 is 1.60. The number of hydrogen-bond donors (Lipinski definition) is 1. The predicted octanol–water partition coefficient (Wildman–Crippen LogP) is 2.62. The lowest BCUT2D eigenvalue weighted by atomic mass is 10.1. The maximum atomic E-state index is 10.7. The lowest BCUT2D eigenvalue weighted by Gasteiger charge is -2.07. The summed E-state index contributed by atoms with van der Waals surface area (Å²) in [6.07, 6.45) is 2.31. The van der Waals surface area contributed by atoms with Gasteiger partial charge >= 0.3 is 5.97 Å². The third-order valence-electron chi connectivity index (χ3n) is 1.99. The zero-order valence-corrected chi connectivity index (χ0v) is 8.92. The fourth-order valence-corrected chi connectivity index (χ4v) is 2.21. The summed E-state index contributed by atoms with van der Waals surface area (Å²) in [4.78, 5) is 10.7. The van der Waals surface area contributed by atoms with Crippen molar-refractivity contribution < 1.29 is 14.3 Å². The SMILES string of the molecule is CCC(CSCc1ccco1)C(=O)O. The van der Waals surface area contributed by atoms with E-state index < -0.39 is 5.97 Å². The molecule has 0 fully saturated rings. The summed E-state index contributed by atoms with van der Waals surface area (Å²) in [5.41, 5.74) is 0. The average Bonchev–Trinajstić information content (AvgIpc) is 2.64. The second-order valence-corrected chi connectivity index (χ2v) is 4.07. The third-order valence-corrected chi connectivity index (χ3v) is 3.11. The van der Waals surface area contributed by atoms with Gasteiger partial charge in [-0.1, -0.05) is 6.92 Å². The molecule has 4 heteroatoms. The van der Waals surface area contributed by atoms with E-state index in [1.54, 1.807) is 18.0 Å². The molecule has 3 nitrogen and oxygen atoms in total. The molecule has 78 valence electrons. The summed E-state index contributed by atoms with van der Waals surface area (Å²) in [6, 6.07) is 3.74. The Bertz CT molecular complexity index is 269. The Kier molecular flexibility index (Phi) is 4.59. The Morgan fingerprint density at radius 1 is 1.71 bits per heavy atom. The fourth-order valence-electron chi connectivity index (χ4n) is 1.06. The summed E-state index contributed by atoms with van der Waals surface area (Å²) in [7, 11) is 0. The van der Waals surface area contributed by atoms with E-state index in [4.69, 9.17) is 9.52 Å². The minimum atomic E-state index is -0.709. The molecular formula is C10H14O3S. The van der Waals surface area contributed by atoms with E-state index in [1.165, 1.54) is 0 Å². The second kappa shape index (κ2) is 5.75. The van der Waals surface area contributed by atoms with Crippen molar-refractivity contribution in [3.05, 3.63) is 24.2 Å². The number of carboxylic acids is 1. The van der Waals surface area contributed by atoms with E-state index >= 15 is 0 Å². The molecule has 14 heavy (non-hydrogen) atoms.